The second kappa shape index (κ2) is 6.06. The molecule has 1 amide bonds. The van der Waals surface area contributed by atoms with Crippen LogP contribution in [0, 0.1) is 0 Å². The van der Waals surface area contributed by atoms with Crippen molar-refractivity contribution in [3.63, 3.8) is 0 Å². The number of hydrogen-bond donors (Lipinski definition) is 1. The first kappa shape index (κ1) is 16.3. The van der Waals surface area contributed by atoms with Crippen molar-refractivity contribution in [2.75, 3.05) is 12.1 Å². The summed E-state index contributed by atoms with van der Waals surface area (Å²) in [5.41, 5.74) is 1.86. The van der Waals surface area contributed by atoms with Gasteiger partial charge >= 0.3 is 0 Å². The highest BCUT2D eigenvalue weighted by Crippen LogP contribution is 2.34. The van der Waals surface area contributed by atoms with Gasteiger partial charge in [-0.2, -0.15) is 0 Å². The van der Waals surface area contributed by atoms with Crippen LogP contribution in [0.3, 0.4) is 0 Å². The van der Waals surface area contributed by atoms with Gasteiger partial charge in [-0.3, -0.25) is 14.4 Å². The Morgan fingerprint density at radius 1 is 0.786 bits per heavy atom. The highest BCUT2D eigenvalue weighted by molar-refractivity contribution is 6.30. The monoisotopic (exact) mass is 371 g/mol. The van der Waals surface area contributed by atoms with E-state index in [1.807, 2.05) is 0 Å². The molecule has 0 saturated carbocycles. The maximum absolute atomic E-state index is 13.0. The summed E-state index contributed by atoms with van der Waals surface area (Å²) < 4.78 is 10.5. The van der Waals surface area contributed by atoms with Crippen LogP contribution in [0.1, 0.15) is 42.2 Å². The molecular weight excluding hydrogens is 358 g/mol. The Hall–Kier alpha value is -3.93. The van der Waals surface area contributed by atoms with Gasteiger partial charge in [0.05, 0.1) is 11.3 Å². The van der Waals surface area contributed by atoms with Crippen LogP contribution in [-0.4, -0.2) is 24.3 Å². The third kappa shape index (κ3) is 2.39. The molecule has 0 aromatic heterocycles. The number of ketones is 2. The van der Waals surface area contributed by atoms with Gasteiger partial charge in [-0.15, -0.1) is 0 Å². The molecule has 0 unspecified atom stereocenters. The van der Waals surface area contributed by atoms with Crippen LogP contribution in [0.2, 0.25) is 0 Å². The summed E-state index contributed by atoms with van der Waals surface area (Å²) in [6.45, 7) is 0.114. The van der Waals surface area contributed by atoms with Crippen molar-refractivity contribution in [1.82, 2.24) is 0 Å². The van der Waals surface area contributed by atoms with Crippen LogP contribution in [0.5, 0.6) is 11.5 Å². The minimum atomic E-state index is -0.411. The molecule has 0 saturated heterocycles. The van der Waals surface area contributed by atoms with Crippen LogP contribution in [0.15, 0.2) is 60.7 Å². The molecular formula is C22H13NO5. The third-order valence-corrected chi connectivity index (χ3v) is 4.84. The molecule has 5 rings (SSSR count). The number of fused-ring (bicyclic) bond motifs is 3. The summed E-state index contributed by atoms with van der Waals surface area (Å²) in [4.78, 5) is 38.5. The first-order valence-electron chi connectivity index (χ1n) is 8.66. The lowest BCUT2D eigenvalue weighted by Crippen LogP contribution is -2.23. The lowest BCUT2D eigenvalue weighted by atomic mass is 9.83. The van der Waals surface area contributed by atoms with E-state index < -0.39 is 5.91 Å². The van der Waals surface area contributed by atoms with Crippen molar-refractivity contribution in [2.45, 2.75) is 0 Å². The molecule has 6 heteroatoms. The highest BCUT2D eigenvalue weighted by Gasteiger charge is 2.31. The maximum atomic E-state index is 13.0. The van der Waals surface area contributed by atoms with E-state index in [2.05, 4.69) is 5.32 Å². The number of carbonyl (C=O) groups excluding carboxylic acids is 3. The molecule has 0 fully saturated rings. The van der Waals surface area contributed by atoms with Crippen molar-refractivity contribution in [2.24, 2.45) is 0 Å². The number of rotatable bonds is 2. The second-order valence-electron chi connectivity index (χ2n) is 6.45. The summed E-state index contributed by atoms with van der Waals surface area (Å²) >= 11 is 0. The lowest BCUT2D eigenvalue weighted by molar-refractivity contribution is 0.0978. The fourth-order valence-electron chi connectivity index (χ4n) is 3.48. The third-order valence-electron chi connectivity index (χ3n) is 4.84. The molecule has 28 heavy (non-hydrogen) atoms. The lowest BCUT2D eigenvalue weighted by Gasteiger charge is -2.20. The van der Waals surface area contributed by atoms with E-state index >= 15 is 0 Å². The molecule has 0 atom stereocenters. The Morgan fingerprint density at radius 2 is 1.50 bits per heavy atom. The summed E-state index contributed by atoms with van der Waals surface area (Å²) in [7, 11) is 0. The summed E-state index contributed by atoms with van der Waals surface area (Å²) in [5, 5.41) is 2.75. The Morgan fingerprint density at radius 3 is 2.32 bits per heavy atom. The van der Waals surface area contributed by atoms with E-state index in [0.717, 1.165) is 0 Å². The number of benzene rings is 3. The molecule has 1 aliphatic carbocycles. The fraction of sp³-hybridized carbons (Fsp3) is 0.0455. The number of nitrogens with one attached hydrogen (secondary N) is 1. The minimum Gasteiger partial charge on any atom is -0.454 e. The van der Waals surface area contributed by atoms with Crippen LogP contribution in [0.25, 0.3) is 0 Å². The normalized spacial score (nSPS) is 13.7. The van der Waals surface area contributed by atoms with E-state index in [-0.39, 0.29) is 29.5 Å². The Bertz CT molecular complexity index is 1180. The zero-order valence-electron chi connectivity index (χ0n) is 14.5. The van der Waals surface area contributed by atoms with Gasteiger partial charge in [0.25, 0.3) is 5.91 Å². The van der Waals surface area contributed by atoms with E-state index in [9.17, 15) is 14.4 Å². The van der Waals surface area contributed by atoms with Crippen molar-refractivity contribution in [3.05, 3.63) is 88.5 Å². The largest absolute Gasteiger partial charge is 0.454 e. The molecule has 2 aliphatic rings. The van der Waals surface area contributed by atoms with E-state index in [1.165, 1.54) is 0 Å². The highest BCUT2D eigenvalue weighted by atomic mass is 16.7. The first-order chi connectivity index (χ1) is 13.6. The van der Waals surface area contributed by atoms with Gasteiger partial charge in [0.1, 0.15) is 0 Å². The molecule has 3 aromatic carbocycles. The van der Waals surface area contributed by atoms with E-state index in [1.54, 1.807) is 60.7 Å². The smallest absolute Gasteiger partial charge is 0.255 e. The van der Waals surface area contributed by atoms with Gasteiger partial charge in [-0.05, 0) is 24.3 Å². The molecule has 6 nitrogen and oxygen atoms in total. The Labute approximate surface area is 159 Å². The molecule has 0 radical (unpaired) electrons. The van der Waals surface area contributed by atoms with Gasteiger partial charge in [0, 0.05) is 22.3 Å². The summed E-state index contributed by atoms with van der Waals surface area (Å²) in [6, 6.07) is 16.4. The molecule has 3 aromatic rings. The SMILES string of the molecule is O=C(Nc1cccc2c1C(=O)c1ccccc1C2=O)c1ccc2c(c1)OCO2. The van der Waals surface area contributed by atoms with Crippen LogP contribution < -0.4 is 14.8 Å². The van der Waals surface area contributed by atoms with E-state index in [4.69, 9.17) is 9.47 Å². The van der Waals surface area contributed by atoms with Crippen LogP contribution >= 0.6 is 0 Å². The van der Waals surface area contributed by atoms with Gasteiger partial charge < -0.3 is 14.8 Å². The van der Waals surface area contributed by atoms with Crippen LogP contribution in [-0.2, 0) is 0 Å². The fourth-order valence-corrected chi connectivity index (χ4v) is 3.48. The quantitative estimate of drug-likeness (QED) is 0.584. The van der Waals surface area contributed by atoms with E-state index in [0.29, 0.717) is 33.9 Å². The molecule has 0 spiro atoms. The number of ether oxygens (including phenoxy) is 2. The van der Waals surface area contributed by atoms with Gasteiger partial charge in [-0.25, -0.2) is 0 Å². The van der Waals surface area contributed by atoms with Crippen molar-refractivity contribution < 1.29 is 23.9 Å². The molecule has 136 valence electrons. The number of anilines is 1. The van der Waals surface area contributed by atoms with Gasteiger partial charge in [0.15, 0.2) is 23.1 Å². The van der Waals surface area contributed by atoms with Gasteiger partial charge in [-0.1, -0.05) is 36.4 Å². The van der Waals surface area contributed by atoms with Gasteiger partial charge in [0.2, 0.25) is 6.79 Å². The zero-order valence-corrected chi connectivity index (χ0v) is 14.5. The predicted molar refractivity (Wildman–Crippen MR) is 100 cm³/mol. The van der Waals surface area contributed by atoms with Crippen molar-refractivity contribution in [1.29, 1.82) is 0 Å². The Balaban J connectivity index is 1.53. The predicted octanol–water partition coefficient (Wildman–Crippen LogP) is 3.44. The Kier molecular flexibility index (Phi) is 3.52. The average Bonchev–Trinajstić information content (AvgIpc) is 3.20. The zero-order chi connectivity index (χ0) is 19.3. The number of hydrogen-bond acceptors (Lipinski definition) is 5. The van der Waals surface area contributed by atoms with Crippen molar-refractivity contribution in [3.8, 4) is 11.5 Å². The summed E-state index contributed by atoms with van der Waals surface area (Å²) in [6.07, 6.45) is 0. The molecule has 1 aliphatic heterocycles. The molecule has 1 N–H and O–H groups in total. The minimum absolute atomic E-state index is 0.114. The maximum Gasteiger partial charge on any atom is 0.255 e. The number of amides is 1. The topological polar surface area (TPSA) is 81.7 Å². The van der Waals surface area contributed by atoms with Crippen molar-refractivity contribution >= 4 is 23.2 Å². The molecule has 1 heterocycles. The number of carbonyl (C=O) groups is 3. The summed E-state index contributed by atoms with van der Waals surface area (Å²) in [5.74, 6) is 0.135. The second-order valence-corrected chi connectivity index (χ2v) is 6.45. The molecule has 0 bridgehead atoms. The van der Waals surface area contributed by atoms with Crippen LogP contribution in [0.4, 0.5) is 5.69 Å². The standard InChI is InChI=1S/C22H13NO5/c24-20-13-4-1-2-5-14(13)21(25)19-15(20)6-3-7-16(19)23-22(26)12-8-9-17-18(10-12)28-11-27-17/h1-10H,11H2,(H,23,26). The average molecular weight is 371 g/mol. The first-order valence-corrected chi connectivity index (χ1v) is 8.66.